The van der Waals surface area contributed by atoms with Gasteiger partial charge in [-0.05, 0) is 41.0 Å². The van der Waals surface area contributed by atoms with Crippen molar-refractivity contribution in [3.63, 3.8) is 0 Å². The Morgan fingerprint density at radius 1 is 0.912 bits per heavy atom. The van der Waals surface area contributed by atoms with Crippen LogP contribution in [0, 0.1) is 0 Å². The van der Waals surface area contributed by atoms with Crippen molar-refractivity contribution in [2.45, 2.75) is 13.1 Å². The third-order valence-electron chi connectivity index (χ3n) is 5.97. The molecule has 0 unspecified atom stereocenters. The maximum Gasteiger partial charge on any atom is 0.336 e. The maximum absolute atomic E-state index is 12.5. The summed E-state index contributed by atoms with van der Waals surface area (Å²) in [5, 5.41) is 0.878. The van der Waals surface area contributed by atoms with E-state index in [2.05, 4.69) is 4.90 Å². The first-order valence-corrected chi connectivity index (χ1v) is 10.9. The summed E-state index contributed by atoms with van der Waals surface area (Å²) in [6.45, 7) is 1.54. The number of nitrogens with zero attached hydrogens (tertiary/aromatic N) is 1. The van der Waals surface area contributed by atoms with Crippen LogP contribution in [-0.4, -0.2) is 33.0 Å². The highest BCUT2D eigenvalue weighted by molar-refractivity contribution is 5.95. The van der Waals surface area contributed by atoms with Gasteiger partial charge in [0.2, 0.25) is 5.75 Å². The van der Waals surface area contributed by atoms with E-state index >= 15 is 0 Å². The van der Waals surface area contributed by atoms with Crippen molar-refractivity contribution in [1.82, 2.24) is 4.90 Å². The molecule has 0 atom stereocenters. The third kappa shape index (κ3) is 3.95. The average Bonchev–Trinajstić information content (AvgIpc) is 2.88. The van der Waals surface area contributed by atoms with Gasteiger partial charge in [0, 0.05) is 24.5 Å². The maximum atomic E-state index is 12.5. The van der Waals surface area contributed by atoms with Gasteiger partial charge in [-0.2, -0.15) is 0 Å². The standard InChI is InChI=1S/C27H25NO6/c1-30-23-11-17(12-24(31-2)27(23)32-3)14-28-15-21-22(33-16-28)10-9-19-20(13-25(29)34-26(19)21)18-7-5-4-6-8-18/h4-13H,14-16H2,1-3H3. The highest BCUT2D eigenvalue weighted by atomic mass is 16.5. The van der Waals surface area contributed by atoms with Gasteiger partial charge in [0.25, 0.3) is 0 Å². The van der Waals surface area contributed by atoms with Crippen LogP contribution in [0.15, 0.2) is 69.9 Å². The molecule has 34 heavy (non-hydrogen) atoms. The minimum absolute atomic E-state index is 0.387. The lowest BCUT2D eigenvalue weighted by Crippen LogP contribution is -2.31. The van der Waals surface area contributed by atoms with Crippen molar-refractivity contribution in [3.05, 3.63) is 82.2 Å². The van der Waals surface area contributed by atoms with Gasteiger partial charge >= 0.3 is 5.63 Å². The number of rotatable bonds is 6. The van der Waals surface area contributed by atoms with Crippen LogP contribution in [0.4, 0.5) is 0 Å². The smallest absolute Gasteiger partial charge is 0.336 e. The highest BCUT2D eigenvalue weighted by Crippen LogP contribution is 2.40. The lowest BCUT2D eigenvalue weighted by molar-refractivity contribution is 0.0888. The zero-order valence-corrected chi connectivity index (χ0v) is 19.3. The van der Waals surface area contributed by atoms with E-state index in [9.17, 15) is 4.79 Å². The molecule has 1 aliphatic heterocycles. The summed E-state index contributed by atoms with van der Waals surface area (Å²) < 4.78 is 28.1. The van der Waals surface area contributed by atoms with Crippen molar-refractivity contribution < 1.29 is 23.4 Å². The number of methoxy groups -OCH3 is 3. The predicted molar refractivity (Wildman–Crippen MR) is 129 cm³/mol. The van der Waals surface area contributed by atoms with Gasteiger partial charge < -0.3 is 23.4 Å². The fourth-order valence-corrected chi connectivity index (χ4v) is 4.42. The van der Waals surface area contributed by atoms with E-state index in [-0.39, 0.29) is 5.63 Å². The molecule has 5 rings (SSSR count). The molecule has 0 bridgehead atoms. The minimum atomic E-state index is -0.387. The molecule has 1 aliphatic rings. The monoisotopic (exact) mass is 459 g/mol. The van der Waals surface area contributed by atoms with Gasteiger partial charge in [-0.1, -0.05) is 30.3 Å². The van der Waals surface area contributed by atoms with E-state index in [0.717, 1.165) is 33.4 Å². The second-order valence-electron chi connectivity index (χ2n) is 8.06. The fourth-order valence-electron chi connectivity index (χ4n) is 4.42. The van der Waals surface area contributed by atoms with Gasteiger partial charge in [0.15, 0.2) is 11.5 Å². The number of hydrogen-bond acceptors (Lipinski definition) is 7. The normalized spacial score (nSPS) is 13.3. The summed E-state index contributed by atoms with van der Waals surface area (Å²) in [7, 11) is 4.78. The number of benzene rings is 3. The van der Waals surface area contributed by atoms with E-state index < -0.39 is 0 Å². The van der Waals surface area contributed by atoms with Crippen LogP contribution in [0.2, 0.25) is 0 Å². The first-order chi connectivity index (χ1) is 16.6. The van der Waals surface area contributed by atoms with Gasteiger partial charge in [-0.15, -0.1) is 0 Å². The first-order valence-electron chi connectivity index (χ1n) is 10.9. The molecule has 7 nitrogen and oxygen atoms in total. The van der Waals surface area contributed by atoms with Crippen LogP contribution in [0.25, 0.3) is 22.1 Å². The van der Waals surface area contributed by atoms with Crippen molar-refractivity contribution >= 4 is 11.0 Å². The molecule has 4 aromatic rings. The van der Waals surface area contributed by atoms with Crippen molar-refractivity contribution in [2.75, 3.05) is 28.1 Å². The molecule has 0 saturated carbocycles. The van der Waals surface area contributed by atoms with E-state index in [1.54, 1.807) is 27.4 Å². The second kappa shape index (κ2) is 9.11. The van der Waals surface area contributed by atoms with Crippen LogP contribution < -0.4 is 24.6 Å². The Bertz CT molecular complexity index is 1370. The lowest BCUT2D eigenvalue weighted by Gasteiger charge is -2.29. The van der Waals surface area contributed by atoms with Crippen LogP contribution in [0.1, 0.15) is 11.1 Å². The molecule has 0 fully saturated rings. The molecule has 0 saturated heterocycles. The molecular weight excluding hydrogens is 434 g/mol. The second-order valence-corrected chi connectivity index (χ2v) is 8.06. The van der Waals surface area contributed by atoms with E-state index in [0.29, 0.717) is 42.7 Å². The van der Waals surface area contributed by atoms with E-state index in [4.69, 9.17) is 23.4 Å². The van der Waals surface area contributed by atoms with Crippen molar-refractivity contribution in [3.8, 4) is 34.1 Å². The summed E-state index contributed by atoms with van der Waals surface area (Å²) in [5.41, 5.74) is 3.81. The molecule has 174 valence electrons. The summed E-state index contributed by atoms with van der Waals surface area (Å²) in [6, 6.07) is 19.1. The Morgan fingerprint density at radius 3 is 2.32 bits per heavy atom. The largest absolute Gasteiger partial charge is 0.493 e. The Kier molecular flexibility index (Phi) is 5.86. The molecule has 0 N–H and O–H groups in total. The Labute approximate surface area is 197 Å². The molecule has 0 amide bonds. The molecular formula is C27H25NO6. The molecule has 0 aliphatic carbocycles. The zero-order valence-electron chi connectivity index (χ0n) is 19.3. The van der Waals surface area contributed by atoms with Gasteiger partial charge in [0.05, 0.1) is 26.9 Å². The van der Waals surface area contributed by atoms with Crippen LogP contribution in [0.5, 0.6) is 23.0 Å². The molecule has 2 heterocycles. The molecule has 7 heteroatoms. The average molecular weight is 459 g/mol. The summed E-state index contributed by atoms with van der Waals surface area (Å²) in [4.78, 5) is 14.6. The molecule has 0 radical (unpaired) electrons. The number of hydrogen-bond donors (Lipinski definition) is 0. The quantitative estimate of drug-likeness (QED) is 0.382. The Balaban J connectivity index is 1.52. The first kappa shape index (κ1) is 21.9. The van der Waals surface area contributed by atoms with Gasteiger partial charge in [0.1, 0.15) is 18.1 Å². The number of fused-ring (bicyclic) bond motifs is 3. The van der Waals surface area contributed by atoms with Crippen molar-refractivity contribution in [1.29, 1.82) is 0 Å². The van der Waals surface area contributed by atoms with Crippen LogP contribution in [0.3, 0.4) is 0 Å². The molecule has 0 spiro atoms. The van der Waals surface area contributed by atoms with Crippen molar-refractivity contribution in [2.24, 2.45) is 0 Å². The molecule has 3 aromatic carbocycles. The van der Waals surface area contributed by atoms with Gasteiger partial charge in [-0.3, -0.25) is 4.90 Å². The van der Waals surface area contributed by atoms with Crippen LogP contribution >= 0.6 is 0 Å². The van der Waals surface area contributed by atoms with E-state index in [1.165, 1.54) is 0 Å². The number of ether oxygens (including phenoxy) is 4. The topological polar surface area (TPSA) is 70.4 Å². The summed E-state index contributed by atoms with van der Waals surface area (Å²) in [5.74, 6) is 2.47. The Hall–Kier alpha value is -3.97. The summed E-state index contributed by atoms with van der Waals surface area (Å²) >= 11 is 0. The van der Waals surface area contributed by atoms with Crippen LogP contribution in [-0.2, 0) is 13.1 Å². The highest BCUT2D eigenvalue weighted by Gasteiger charge is 2.24. The fraction of sp³-hybridized carbons (Fsp3) is 0.222. The van der Waals surface area contributed by atoms with Gasteiger partial charge in [-0.25, -0.2) is 4.79 Å². The zero-order chi connectivity index (χ0) is 23.7. The summed E-state index contributed by atoms with van der Waals surface area (Å²) in [6.07, 6.45) is 0. The third-order valence-corrected chi connectivity index (χ3v) is 5.97. The molecule has 1 aromatic heterocycles. The van der Waals surface area contributed by atoms with E-state index in [1.807, 2.05) is 54.6 Å². The predicted octanol–water partition coefficient (Wildman–Crippen LogP) is 4.84. The Morgan fingerprint density at radius 2 is 1.65 bits per heavy atom. The lowest BCUT2D eigenvalue weighted by atomic mass is 9.99. The SMILES string of the molecule is COc1cc(CN2COc3ccc4c(-c5ccccc5)cc(=O)oc4c3C2)cc(OC)c1OC. The minimum Gasteiger partial charge on any atom is -0.493 e.